The zero-order valence-electron chi connectivity index (χ0n) is 11.3. The lowest BCUT2D eigenvalue weighted by Crippen LogP contribution is -2.27. The summed E-state index contributed by atoms with van der Waals surface area (Å²) < 4.78 is 0. The standard InChI is InChI=1S/C14H31N/c1-5-7-8-9-10-11-13(3)12-14(4)15-6-2/h13-15H,5-12H2,1-4H3. The molecule has 0 radical (unpaired) electrons. The van der Waals surface area contributed by atoms with Crippen molar-refractivity contribution in [2.75, 3.05) is 6.54 Å². The van der Waals surface area contributed by atoms with Crippen LogP contribution >= 0.6 is 0 Å². The minimum Gasteiger partial charge on any atom is -0.315 e. The van der Waals surface area contributed by atoms with E-state index in [0.29, 0.717) is 6.04 Å². The van der Waals surface area contributed by atoms with Gasteiger partial charge in [-0.1, -0.05) is 59.3 Å². The molecule has 0 bridgehead atoms. The van der Waals surface area contributed by atoms with Crippen LogP contribution in [0, 0.1) is 5.92 Å². The minimum atomic E-state index is 0.695. The Morgan fingerprint density at radius 3 is 2.20 bits per heavy atom. The van der Waals surface area contributed by atoms with Crippen LogP contribution in [0.4, 0.5) is 0 Å². The fourth-order valence-electron chi connectivity index (χ4n) is 2.25. The summed E-state index contributed by atoms with van der Waals surface area (Å²) in [6, 6.07) is 0.695. The van der Waals surface area contributed by atoms with Gasteiger partial charge in [-0.05, 0) is 25.8 Å². The highest BCUT2D eigenvalue weighted by atomic mass is 14.9. The Labute approximate surface area is 97.0 Å². The average Bonchev–Trinajstić information content (AvgIpc) is 2.17. The molecule has 0 aromatic rings. The molecule has 0 aromatic heterocycles. The lowest BCUT2D eigenvalue weighted by molar-refractivity contribution is 0.393. The van der Waals surface area contributed by atoms with Gasteiger partial charge < -0.3 is 5.32 Å². The minimum absolute atomic E-state index is 0.695. The topological polar surface area (TPSA) is 12.0 Å². The quantitative estimate of drug-likeness (QED) is 0.531. The molecule has 1 nitrogen and oxygen atoms in total. The van der Waals surface area contributed by atoms with Gasteiger partial charge in [0.05, 0.1) is 0 Å². The van der Waals surface area contributed by atoms with E-state index in [1.807, 2.05) is 0 Å². The van der Waals surface area contributed by atoms with Crippen molar-refractivity contribution in [2.24, 2.45) is 5.92 Å². The maximum absolute atomic E-state index is 3.49. The Morgan fingerprint density at radius 2 is 1.60 bits per heavy atom. The van der Waals surface area contributed by atoms with Gasteiger partial charge in [0.15, 0.2) is 0 Å². The van der Waals surface area contributed by atoms with E-state index < -0.39 is 0 Å². The number of hydrogen-bond donors (Lipinski definition) is 1. The second-order valence-corrected chi connectivity index (χ2v) is 5.00. The molecule has 0 aromatic carbocycles. The second-order valence-electron chi connectivity index (χ2n) is 5.00. The number of unbranched alkanes of at least 4 members (excludes halogenated alkanes) is 4. The predicted molar refractivity (Wildman–Crippen MR) is 70.3 cm³/mol. The van der Waals surface area contributed by atoms with Crippen LogP contribution in [-0.2, 0) is 0 Å². The molecule has 0 spiro atoms. The molecule has 0 heterocycles. The van der Waals surface area contributed by atoms with Gasteiger partial charge in [-0.2, -0.15) is 0 Å². The molecule has 0 amide bonds. The molecule has 0 saturated carbocycles. The summed E-state index contributed by atoms with van der Waals surface area (Å²) in [7, 11) is 0. The lowest BCUT2D eigenvalue weighted by atomic mass is 9.96. The highest BCUT2D eigenvalue weighted by Crippen LogP contribution is 2.15. The van der Waals surface area contributed by atoms with Gasteiger partial charge in [0.2, 0.25) is 0 Å². The Bertz CT molecular complexity index is 123. The summed E-state index contributed by atoms with van der Waals surface area (Å²) in [6.45, 7) is 10.3. The first-order valence-corrected chi connectivity index (χ1v) is 6.94. The van der Waals surface area contributed by atoms with Crippen molar-refractivity contribution in [2.45, 2.75) is 78.7 Å². The summed E-state index contributed by atoms with van der Waals surface area (Å²) in [6.07, 6.45) is 9.83. The summed E-state index contributed by atoms with van der Waals surface area (Å²) >= 11 is 0. The van der Waals surface area contributed by atoms with Gasteiger partial charge in [0.25, 0.3) is 0 Å². The second kappa shape index (κ2) is 10.5. The molecule has 0 aliphatic carbocycles. The fourth-order valence-corrected chi connectivity index (χ4v) is 2.25. The first kappa shape index (κ1) is 15.0. The third-order valence-corrected chi connectivity index (χ3v) is 3.11. The zero-order chi connectivity index (χ0) is 11.5. The molecule has 0 rings (SSSR count). The summed E-state index contributed by atoms with van der Waals surface area (Å²) in [4.78, 5) is 0. The maximum atomic E-state index is 3.49. The number of nitrogens with one attached hydrogen (secondary N) is 1. The normalized spacial score (nSPS) is 15.2. The molecule has 1 heteroatoms. The molecular weight excluding hydrogens is 182 g/mol. The van der Waals surface area contributed by atoms with Crippen molar-refractivity contribution in [3.63, 3.8) is 0 Å². The number of hydrogen-bond acceptors (Lipinski definition) is 1. The molecule has 0 fully saturated rings. The van der Waals surface area contributed by atoms with Crippen LogP contribution in [0.1, 0.15) is 72.6 Å². The van der Waals surface area contributed by atoms with E-state index in [-0.39, 0.29) is 0 Å². The molecule has 2 unspecified atom stereocenters. The maximum Gasteiger partial charge on any atom is 0.00411 e. The third-order valence-electron chi connectivity index (χ3n) is 3.11. The molecule has 92 valence electrons. The molecule has 1 N–H and O–H groups in total. The Balaban J connectivity index is 3.28. The predicted octanol–water partition coefficient (Wildman–Crippen LogP) is 4.37. The van der Waals surface area contributed by atoms with Crippen molar-refractivity contribution in [3.8, 4) is 0 Å². The monoisotopic (exact) mass is 213 g/mol. The molecule has 15 heavy (non-hydrogen) atoms. The highest BCUT2D eigenvalue weighted by Gasteiger charge is 2.06. The van der Waals surface area contributed by atoms with Crippen LogP contribution in [0.15, 0.2) is 0 Å². The first-order chi connectivity index (χ1) is 7.20. The van der Waals surface area contributed by atoms with Crippen LogP contribution in [0.5, 0.6) is 0 Å². The average molecular weight is 213 g/mol. The van der Waals surface area contributed by atoms with Gasteiger partial charge in [0, 0.05) is 6.04 Å². The van der Waals surface area contributed by atoms with Gasteiger partial charge in [-0.25, -0.2) is 0 Å². The highest BCUT2D eigenvalue weighted by molar-refractivity contribution is 4.64. The van der Waals surface area contributed by atoms with Crippen molar-refractivity contribution < 1.29 is 0 Å². The Hall–Kier alpha value is -0.0400. The van der Waals surface area contributed by atoms with Gasteiger partial charge in [-0.15, -0.1) is 0 Å². The smallest absolute Gasteiger partial charge is 0.00411 e. The van der Waals surface area contributed by atoms with Crippen molar-refractivity contribution in [3.05, 3.63) is 0 Å². The Kier molecular flexibility index (Phi) is 10.4. The third kappa shape index (κ3) is 10.2. The van der Waals surface area contributed by atoms with E-state index >= 15 is 0 Å². The summed E-state index contributed by atoms with van der Waals surface area (Å²) in [5.41, 5.74) is 0. The fraction of sp³-hybridized carbons (Fsp3) is 1.00. The van der Waals surface area contributed by atoms with Crippen LogP contribution in [0.3, 0.4) is 0 Å². The van der Waals surface area contributed by atoms with E-state index in [2.05, 4.69) is 33.0 Å². The molecule has 0 saturated heterocycles. The van der Waals surface area contributed by atoms with Crippen molar-refractivity contribution >= 4 is 0 Å². The van der Waals surface area contributed by atoms with Crippen molar-refractivity contribution in [1.82, 2.24) is 5.32 Å². The molecule has 0 aliphatic heterocycles. The molecular formula is C14H31N. The largest absolute Gasteiger partial charge is 0.315 e. The SMILES string of the molecule is CCCCCCCC(C)CC(C)NCC. The zero-order valence-corrected chi connectivity index (χ0v) is 11.3. The van der Waals surface area contributed by atoms with E-state index in [1.54, 1.807) is 0 Å². The van der Waals surface area contributed by atoms with Crippen LogP contribution < -0.4 is 5.32 Å². The van der Waals surface area contributed by atoms with Crippen LogP contribution in [-0.4, -0.2) is 12.6 Å². The van der Waals surface area contributed by atoms with Crippen molar-refractivity contribution in [1.29, 1.82) is 0 Å². The molecule has 2 atom stereocenters. The molecule has 0 aliphatic rings. The van der Waals surface area contributed by atoms with Gasteiger partial charge >= 0.3 is 0 Å². The first-order valence-electron chi connectivity index (χ1n) is 6.94. The van der Waals surface area contributed by atoms with Gasteiger partial charge in [-0.3, -0.25) is 0 Å². The Morgan fingerprint density at radius 1 is 0.933 bits per heavy atom. The summed E-state index contributed by atoms with van der Waals surface area (Å²) in [5, 5.41) is 3.49. The van der Waals surface area contributed by atoms with E-state index in [1.165, 1.54) is 44.9 Å². The van der Waals surface area contributed by atoms with Gasteiger partial charge in [0.1, 0.15) is 0 Å². The van der Waals surface area contributed by atoms with Crippen LogP contribution in [0.25, 0.3) is 0 Å². The summed E-state index contributed by atoms with van der Waals surface area (Å²) in [5.74, 6) is 0.890. The van der Waals surface area contributed by atoms with E-state index in [4.69, 9.17) is 0 Å². The lowest BCUT2D eigenvalue weighted by Gasteiger charge is -2.17. The van der Waals surface area contributed by atoms with E-state index in [9.17, 15) is 0 Å². The van der Waals surface area contributed by atoms with Crippen LogP contribution in [0.2, 0.25) is 0 Å². The van der Waals surface area contributed by atoms with E-state index in [0.717, 1.165) is 12.5 Å². The number of rotatable bonds is 10.